The second kappa shape index (κ2) is 3.44. The highest BCUT2D eigenvalue weighted by Crippen LogP contribution is 2.22. The van der Waals surface area contributed by atoms with Crippen LogP contribution >= 0.6 is 0 Å². The molecule has 0 radical (unpaired) electrons. The zero-order valence-electron chi connectivity index (χ0n) is 8.02. The predicted molar refractivity (Wildman–Crippen MR) is 46.9 cm³/mol. The summed E-state index contributed by atoms with van der Waals surface area (Å²) in [5, 5.41) is 3.24. The molecule has 1 saturated heterocycles. The lowest BCUT2D eigenvalue weighted by molar-refractivity contribution is -0.145. The Morgan fingerprint density at radius 3 is 2.75 bits per heavy atom. The van der Waals surface area contributed by atoms with Gasteiger partial charge < -0.3 is 4.74 Å². The average molecular weight is 171 g/mol. The standard InChI is InChI=1S/C9H17NO2/c1-4-12-8(11)7-5-6-9(2,3)10-7/h7,10H,4-6H2,1-3H3/t7-/m1/s1. The van der Waals surface area contributed by atoms with Crippen molar-refractivity contribution in [2.75, 3.05) is 6.61 Å². The summed E-state index contributed by atoms with van der Waals surface area (Å²) in [5.41, 5.74) is 0.0947. The number of rotatable bonds is 2. The Bertz CT molecular complexity index is 177. The van der Waals surface area contributed by atoms with Crippen LogP contribution in [0.4, 0.5) is 0 Å². The van der Waals surface area contributed by atoms with E-state index in [2.05, 4.69) is 19.2 Å². The largest absolute Gasteiger partial charge is 0.465 e. The summed E-state index contributed by atoms with van der Waals surface area (Å²) in [4.78, 5) is 11.2. The molecule has 0 saturated carbocycles. The first-order valence-corrected chi connectivity index (χ1v) is 4.49. The van der Waals surface area contributed by atoms with Gasteiger partial charge in [0.25, 0.3) is 0 Å². The summed E-state index contributed by atoms with van der Waals surface area (Å²) < 4.78 is 4.92. The van der Waals surface area contributed by atoms with Gasteiger partial charge in [0.2, 0.25) is 0 Å². The van der Waals surface area contributed by atoms with Crippen LogP contribution in [0, 0.1) is 0 Å². The third-order valence-corrected chi connectivity index (χ3v) is 2.19. The van der Waals surface area contributed by atoms with Crippen molar-refractivity contribution in [1.29, 1.82) is 0 Å². The molecule has 1 rings (SSSR count). The zero-order chi connectivity index (χ0) is 9.19. The van der Waals surface area contributed by atoms with Crippen molar-refractivity contribution in [2.24, 2.45) is 0 Å². The number of esters is 1. The van der Waals surface area contributed by atoms with Crippen molar-refractivity contribution < 1.29 is 9.53 Å². The first-order valence-electron chi connectivity index (χ1n) is 4.49. The quantitative estimate of drug-likeness (QED) is 0.632. The van der Waals surface area contributed by atoms with E-state index in [4.69, 9.17) is 4.74 Å². The third-order valence-electron chi connectivity index (χ3n) is 2.19. The van der Waals surface area contributed by atoms with E-state index in [0.29, 0.717) is 6.61 Å². The summed E-state index contributed by atoms with van der Waals surface area (Å²) in [6, 6.07) is -0.0834. The first-order chi connectivity index (χ1) is 5.55. The number of hydrogen-bond acceptors (Lipinski definition) is 3. The van der Waals surface area contributed by atoms with E-state index in [9.17, 15) is 4.79 Å². The van der Waals surface area contributed by atoms with Crippen molar-refractivity contribution in [3.8, 4) is 0 Å². The predicted octanol–water partition coefficient (Wildman–Crippen LogP) is 1.08. The third kappa shape index (κ3) is 2.21. The van der Waals surface area contributed by atoms with Crippen LogP contribution < -0.4 is 5.32 Å². The van der Waals surface area contributed by atoms with E-state index >= 15 is 0 Å². The highest BCUT2D eigenvalue weighted by Gasteiger charge is 2.34. The van der Waals surface area contributed by atoms with Crippen molar-refractivity contribution in [3.63, 3.8) is 0 Å². The Morgan fingerprint density at radius 2 is 2.33 bits per heavy atom. The summed E-state index contributed by atoms with van der Waals surface area (Å²) in [6.07, 6.45) is 1.93. The molecule has 0 aromatic carbocycles. The van der Waals surface area contributed by atoms with Crippen LogP contribution in [0.25, 0.3) is 0 Å². The number of carbonyl (C=O) groups excluding carboxylic acids is 1. The van der Waals surface area contributed by atoms with Crippen LogP contribution in [0.5, 0.6) is 0 Å². The van der Waals surface area contributed by atoms with Gasteiger partial charge in [0, 0.05) is 5.54 Å². The molecule has 1 aliphatic rings. The maximum Gasteiger partial charge on any atom is 0.323 e. The first kappa shape index (κ1) is 9.52. The van der Waals surface area contributed by atoms with Gasteiger partial charge >= 0.3 is 5.97 Å². The molecule has 1 atom stereocenters. The lowest BCUT2D eigenvalue weighted by atomic mass is 10.0. The van der Waals surface area contributed by atoms with Gasteiger partial charge in [0.05, 0.1) is 6.61 Å². The van der Waals surface area contributed by atoms with E-state index < -0.39 is 0 Å². The van der Waals surface area contributed by atoms with Gasteiger partial charge in [-0.1, -0.05) is 0 Å². The molecule has 3 nitrogen and oxygen atoms in total. The minimum atomic E-state index is -0.108. The van der Waals surface area contributed by atoms with E-state index in [1.54, 1.807) is 0 Å². The van der Waals surface area contributed by atoms with Gasteiger partial charge in [-0.15, -0.1) is 0 Å². The molecule has 3 heteroatoms. The Kier molecular flexibility index (Phi) is 2.73. The van der Waals surface area contributed by atoms with Crippen LogP contribution in [-0.4, -0.2) is 24.2 Å². The Morgan fingerprint density at radius 1 is 1.67 bits per heavy atom. The smallest absolute Gasteiger partial charge is 0.323 e. The molecule has 0 unspecified atom stereocenters. The molecule has 1 heterocycles. The number of nitrogens with one attached hydrogen (secondary N) is 1. The Hall–Kier alpha value is -0.570. The molecular weight excluding hydrogens is 154 g/mol. The summed E-state index contributed by atoms with van der Waals surface area (Å²) in [7, 11) is 0. The molecule has 1 aliphatic heterocycles. The van der Waals surface area contributed by atoms with Crippen LogP contribution in [0.3, 0.4) is 0 Å². The molecule has 0 bridgehead atoms. The second-order valence-electron chi connectivity index (χ2n) is 3.87. The number of hydrogen-bond donors (Lipinski definition) is 1. The van der Waals surface area contributed by atoms with Gasteiger partial charge in [0.1, 0.15) is 6.04 Å². The van der Waals surface area contributed by atoms with Crippen molar-refractivity contribution >= 4 is 5.97 Å². The van der Waals surface area contributed by atoms with Gasteiger partial charge in [-0.25, -0.2) is 0 Å². The average Bonchev–Trinajstić information content (AvgIpc) is 2.31. The molecule has 0 aromatic heterocycles. The lowest BCUT2D eigenvalue weighted by Crippen LogP contribution is -2.42. The molecule has 0 amide bonds. The maximum absolute atomic E-state index is 11.2. The van der Waals surface area contributed by atoms with Crippen molar-refractivity contribution in [3.05, 3.63) is 0 Å². The van der Waals surface area contributed by atoms with E-state index in [0.717, 1.165) is 12.8 Å². The zero-order valence-corrected chi connectivity index (χ0v) is 8.02. The monoisotopic (exact) mass is 171 g/mol. The molecule has 0 aromatic rings. The fourth-order valence-corrected chi connectivity index (χ4v) is 1.54. The van der Waals surface area contributed by atoms with Gasteiger partial charge in [-0.3, -0.25) is 10.1 Å². The molecule has 12 heavy (non-hydrogen) atoms. The number of ether oxygens (including phenoxy) is 1. The van der Waals surface area contributed by atoms with Gasteiger partial charge in [-0.2, -0.15) is 0 Å². The fraction of sp³-hybridized carbons (Fsp3) is 0.889. The van der Waals surface area contributed by atoms with Crippen LogP contribution in [0.2, 0.25) is 0 Å². The molecule has 1 fully saturated rings. The molecule has 0 aliphatic carbocycles. The normalized spacial score (nSPS) is 27.1. The van der Waals surface area contributed by atoms with Crippen molar-refractivity contribution in [2.45, 2.75) is 45.2 Å². The molecule has 1 N–H and O–H groups in total. The van der Waals surface area contributed by atoms with Gasteiger partial charge in [0.15, 0.2) is 0 Å². The lowest BCUT2D eigenvalue weighted by Gasteiger charge is -2.19. The highest BCUT2D eigenvalue weighted by molar-refractivity contribution is 5.76. The minimum absolute atomic E-state index is 0.0834. The Labute approximate surface area is 73.5 Å². The minimum Gasteiger partial charge on any atom is -0.465 e. The summed E-state index contributed by atoms with van der Waals surface area (Å²) in [6.45, 7) is 6.51. The number of carbonyl (C=O) groups is 1. The topological polar surface area (TPSA) is 38.3 Å². The van der Waals surface area contributed by atoms with Gasteiger partial charge in [-0.05, 0) is 33.6 Å². The SMILES string of the molecule is CCOC(=O)[C@H]1CCC(C)(C)N1. The second-order valence-corrected chi connectivity index (χ2v) is 3.87. The van der Waals surface area contributed by atoms with Crippen LogP contribution in [0.1, 0.15) is 33.6 Å². The molecular formula is C9H17NO2. The van der Waals surface area contributed by atoms with E-state index in [-0.39, 0.29) is 17.6 Å². The Balaban J connectivity index is 2.41. The highest BCUT2D eigenvalue weighted by atomic mass is 16.5. The molecule has 70 valence electrons. The van der Waals surface area contributed by atoms with E-state index in [1.807, 2.05) is 6.92 Å². The molecule has 0 spiro atoms. The van der Waals surface area contributed by atoms with Crippen LogP contribution in [-0.2, 0) is 9.53 Å². The van der Waals surface area contributed by atoms with Crippen molar-refractivity contribution in [1.82, 2.24) is 5.32 Å². The summed E-state index contributed by atoms with van der Waals surface area (Å²) >= 11 is 0. The maximum atomic E-state index is 11.2. The fourth-order valence-electron chi connectivity index (χ4n) is 1.54. The van der Waals surface area contributed by atoms with E-state index in [1.165, 1.54) is 0 Å². The van der Waals surface area contributed by atoms with Crippen LogP contribution in [0.15, 0.2) is 0 Å². The summed E-state index contributed by atoms with van der Waals surface area (Å²) in [5.74, 6) is -0.108.